The van der Waals surface area contributed by atoms with Crippen LogP contribution in [0.5, 0.6) is 0 Å². The van der Waals surface area contributed by atoms with Gasteiger partial charge in [0.05, 0.1) is 19.6 Å². The van der Waals surface area contributed by atoms with Crippen LogP contribution in [0.15, 0.2) is 10.2 Å². The Labute approximate surface area is 70.9 Å². The number of amidine groups is 2. The molecule has 0 unspecified atom stereocenters. The highest BCUT2D eigenvalue weighted by Crippen LogP contribution is 2.06. The van der Waals surface area contributed by atoms with Crippen LogP contribution < -0.4 is 5.73 Å². The average molecular weight is 168 g/mol. The zero-order chi connectivity index (χ0) is 8.39. The number of morpholine rings is 1. The van der Waals surface area contributed by atoms with Gasteiger partial charge in [-0.05, 0) is 0 Å². The molecule has 0 bridgehead atoms. The second-order valence-electron chi connectivity index (χ2n) is 2.88. The summed E-state index contributed by atoms with van der Waals surface area (Å²) in [7, 11) is 0. The second-order valence-corrected chi connectivity index (χ2v) is 2.88. The van der Waals surface area contributed by atoms with Gasteiger partial charge in [0, 0.05) is 13.1 Å². The molecule has 0 amide bonds. The third kappa shape index (κ3) is 1.40. The van der Waals surface area contributed by atoms with E-state index in [-0.39, 0.29) is 0 Å². The van der Waals surface area contributed by atoms with E-state index in [0.717, 1.165) is 32.1 Å². The van der Waals surface area contributed by atoms with E-state index >= 15 is 0 Å². The van der Waals surface area contributed by atoms with Gasteiger partial charge in [-0.2, -0.15) is 0 Å². The Bertz CT molecular complexity index is 230. The Morgan fingerprint density at radius 1 is 1.25 bits per heavy atom. The van der Waals surface area contributed by atoms with Crippen LogP contribution in [-0.2, 0) is 4.74 Å². The summed E-state index contributed by atoms with van der Waals surface area (Å²) in [5.74, 6) is 1.59. The summed E-state index contributed by atoms with van der Waals surface area (Å²) in [5, 5.41) is 7.78. The minimum atomic E-state index is 0.608. The molecular formula is C7H12N4O. The molecule has 2 heterocycles. The van der Waals surface area contributed by atoms with Crippen molar-refractivity contribution in [2.45, 2.75) is 6.42 Å². The molecule has 66 valence electrons. The Kier molecular flexibility index (Phi) is 1.95. The van der Waals surface area contributed by atoms with Crippen molar-refractivity contribution in [3.63, 3.8) is 0 Å². The second kappa shape index (κ2) is 3.10. The van der Waals surface area contributed by atoms with Crippen molar-refractivity contribution in [3.05, 3.63) is 0 Å². The lowest BCUT2D eigenvalue weighted by Crippen LogP contribution is -2.41. The van der Waals surface area contributed by atoms with Crippen molar-refractivity contribution < 1.29 is 4.74 Å². The van der Waals surface area contributed by atoms with Gasteiger partial charge in [0.25, 0.3) is 0 Å². The lowest BCUT2D eigenvalue weighted by molar-refractivity contribution is 0.0676. The van der Waals surface area contributed by atoms with Gasteiger partial charge in [0.2, 0.25) is 0 Å². The number of nitrogens with two attached hydrogens (primary N) is 1. The maximum atomic E-state index is 5.51. The van der Waals surface area contributed by atoms with Gasteiger partial charge in [-0.1, -0.05) is 0 Å². The molecule has 0 saturated carbocycles. The molecule has 2 N–H and O–H groups in total. The maximum Gasteiger partial charge on any atom is 0.135 e. The van der Waals surface area contributed by atoms with Crippen molar-refractivity contribution >= 4 is 11.7 Å². The molecule has 0 aliphatic carbocycles. The molecular weight excluding hydrogens is 156 g/mol. The summed E-state index contributed by atoms with van der Waals surface area (Å²) < 4.78 is 5.22. The van der Waals surface area contributed by atoms with Crippen molar-refractivity contribution in [3.8, 4) is 0 Å². The minimum Gasteiger partial charge on any atom is -0.385 e. The first-order valence-corrected chi connectivity index (χ1v) is 4.08. The molecule has 2 aliphatic heterocycles. The van der Waals surface area contributed by atoms with Crippen LogP contribution in [0.4, 0.5) is 0 Å². The van der Waals surface area contributed by atoms with Gasteiger partial charge < -0.3 is 15.4 Å². The van der Waals surface area contributed by atoms with Crippen LogP contribution in [-0.4, -0.2) is 42.9 Å². The lowest BCUT2D eigenvalue weighted by Gasteiger charge is -2.27. The van der Waals surface area contributed by atoms with E-state index in [1.165, 1.54) is 0 Å². The summed E-state index contributed by atoms with van der Waals surface area (Å²) in [6.45, 7) is 3.36. The molecule has 1 saturated heterocycles. The highest BCUT2D eigenvalue weighted by atomic mass is 16.5. The van der Waals surface area contributed by atoms with Crippen molar-refractivity contribution in [1.29, 1.82) is 0 Å². The Morgan fingerprint density at radius 3 is 2.58 bits per heavy atom. The van der Waals surface area contributed by atoms with E-state index in [9.17, 15) is 0 Å². The first-order chi connectivity index (χ1) is 5.86. The van der Waals surface area contributed by atoms with Gasteiger partial charge in [0.15, 0.2) is 0 Å². The zero-order valence-electron chi connectivity index (χ0n) is 6.86. The predicted molar refractivity (Wildman–Crippen MR) is 46.1 cm³/mol. The Balaban J connectivity index is 1.93. The normalized spacial score (nSPS) is 23.8. The fourth-order valence-electron chi connectivity index (χ4n) is 1.35. The van der Waals surface area contributed by atoms with Gasteiger partial charge in [-0.15, -0.1) is 10.2 Å². The third-order valence-corrected chi connectivity index (χ3v) is 2.01. The van der Waals surface area contributed by atoms with Crippen molar-refractivity contribution in [2.75, 3.05) is 26.3 Å². The lowest BCUT2D eigenvalue weighted by atomic mass is 10.3. The highest BCUT2D eigenvalue weighted by Gasteiger charge is 2.18. The summed E-state index contributed by atoms with van der Waals surface area (Å²) >= 11 is 0. The van der Waals surface area contributed by atoms with E-state index in [2.05, 4.69) is 15.1 Å². The van der Waals surface area contributed by atoms with Gasteiger partial charge in [-0.25, -0.2) is 0 Å². The minimum absolute atomic E-state index is 0.608. The van der Waals surface area contributed by atoms with Crippen molar-refractivity contribution in [1.82, 2.24) is 4.90 Å². The summed E-state index contributed by atoms with van der Waals surface area (Å²) in [6.07, 6.45) is 0.694. The molecule has 0 spiro atoms. The quantitative estimate of drug-likeness (QED) is 0.525. The van der Waals surface area contributed by atoms with Gasteiger partial charge >= 0.3 is 0 Å². The van der Waals surface area contributed by atoms with Crippen LogP contribution in [0.1, 0.15) is 6.42 Å². The predicted octanol–water partition coefficient (Wildman–Crippen LogP) is -0.607. The maximum absolute atomic E-state index is 5.51. The largest absolute Gasteiger partial charge is 0.385 e. The number of rotatable bonds is 0. The summed E-state index contributed by atoms with van der Waals surface area (Å²) in [4.78, 5) is 2.17. The molecule has 1 fully saturated rings. The first-order valence-electron chi connectivity index (χ1n) is 4.08. The fraction of sp³-hybridized carbons (Fsp3) is 0.714. The molecule has 0 aromatic heterocycles. The van der Waals surface area contributed by atoms with E-state index in [1.807, 2.05) is 0 Å². The molecule has 5 heteroatoms. The van der Waals surface area contributed by atoms with E-state index in [4.69, 9.17) is 10.5 Å². The monoisotopic (exact) mass is 168 g/mol. The molecule has 12 heavy (non-hydrogen) atoms. The van der Waals surface area contributed by atoms with E-state index in [0.29, 0.717) is 12.3 Å². The molecule has 0 aromatic rings. The SMILES string of the molecule is NC1=NN=C(N2CCOCC2)C1. The first kappa shape index (κ1) is 7.54. The van der Waals surface area contributed by atoms with E-state index < -0.39 is 0 Å². The number of ether oxygens (including phenoxy) is 1. The fourth-order valence-corrected chi connectivity index (χ4v) is 1.35. The smallest absolute Gasteiger partial charge is 0.135 e. The molecule has 2 rings (SSSR count). The number of nitrogens with zero attached hydrogens (tertiary/aromatic N) is 3. The van der Waals surface area contributed by atoms with Gasteiger partial charge in [-0.3, -0.25) is 0 Å². The third-order valence-electron chi connectivity index (χ3n) is 2.01. The van der Waals surface area contributed by atoms with E-state index in [1.54, 1.807) is 0 Å². The average Bonchev–Trinajstić information content (AvgIpc) is 2.54. The summed E-state index contributed by atoms with van der Waals surface area (Å²) in [5.41, 5.74) is 5.51. The molecule has 2 aliphatic rings. The molecule has 0 atom stereocenters. The Morgan fingerprint density at radius 2 is 2.00 bits per heavy atom. The van der Waals surface area contributed by atoms with Crippen LogP contribution in [0.25, 0.3) is 0 Å². The van der Waals surface area contributed by atoms with Crippen LogP contribution in [0, 0.1) is 0 Å². The molecule has 0 aromatic carbocycles. The molecule has 5 nitrogen and oxygen atoms in total. The Hall–Kier alpha value is -1.10. The number of hydrogen-bond acceptors (Lipinski definition) is 5. The zero-order valence-corrected chi connectivity index (χ0v) is 6.86. The van der Waals surface area contributed by atoms with Gasteiger partial charge in [0.1, 0.15) is 11.7 Å². The topological polar surface area (TPSA) is 63.2 Å². The summed E-state index contributed by atoms with van der Waals surface area (Å²) in [6, 6.07) is 0. The standard InChI is InChI=1S/C7H12N4O/c8-6-5-7(10-9-6)11-1-3-12-4-2-11/h1-5H2,(H2,8,9). The van der Waals surface area contributed by atoms with Crippen LogP contribution >= 0.6 is 0 Å². The van der Waals surface area contributed by atoms with Crippen LogP contribution in [0.2, 0.25) is 0 Å². The number of hydrogen-bond donors (Lipinski definition) is 1. The molecule has 0 radical (unpaired) electrons. The van der Waals surface area contributed by atoms with Crippen LogP contribution in [0.3, 0.4) is 0 Å². The van der Waals surface area contributed by atoms with Crippen molar-refractivity contribution in [2.24, 2.45) is 15.9 Å². The highest BCUT2D eigenvalue weighted by molar-refractivity contribution is 6.04.